The van der Waals surface area contributed by atoms with Crippen molar-refractivity contribution < 1.29 is 38.4 Å². The van der Waals surface area contributed by atoms with Gasteiger partial charge >= 0.3 is 17.7 Å². The molecule has 3 aliphatic rings. The molecular weight excluding hydrogens is 504 g/mol. The van der Waals surface area contributed by atoms with Crippen molar-refractivity contribution in [2.45, 2.75) is 69.4 Å². The van der Waals surface area contributed by atoms with Gasteiger partial charge in [-0.3, -0.25) is 14.3 Å². The average molecular weight is 535 g/mol. The van der Waals surface area contributed by atoms with E-state index in [2.05, 4.69) is 6.92 Å². The van der Waals surface area contributed by atoms with Gasteiger partial charge in [0, 0.05) is 12.3 Å². The maximum absolute atomic E-state index is 11.8. The fourth-order valence-corrected chi connectivity index (χ4v) is 4.79. The van der Waals surface area contributed by atoms with Gasteiger partial charge in [0.05, 0.1) is 13.0 Å². The van der Waals surface area contributed by atoms with Gasteiger partial charge in [0.15, 0.2) is 0 Å². The van der Waals surface area contributed by atoms with Gasteiger partial charge in [0.25, 0.3) is 12.5 Å². The fourth-order valence-electron chi connectivity index (χ4n) is 4.79. The maximum atomic E-state index is 11.8. The quantitative estimate of drug-likeness (QED) is 0.250. The number of carboxylic acid groups (broad SMARTS) is 1. The summed E-state index contributed by atoms with van der Waals surface area (Å²) in [6.07, 6.45) is 9.27. The molecule has 204 valence electrons. The van der Waals surface area contributed by atoms with Crippen LogP contribution in [0.5, 0.6) is 11.5 Å². The highest BCUT2D eigenvalue weighted by atomic mass is 17.1. The minimum Gasteiger partial charge on any atom is -0.481 e. The van der Waals surface area contributed by atoms with E-state index < -0.39 is 23.5 Å². The molecule has 2 heterocycles. The van der Waals surface area contributed by atoms with Gasteiger partial charge in [-0.1, -0.05) is 50.5 Å². The Morgan fingerprint density at radius 1 is 0.949 bits per heavy atom. The first kappa shape index (κ1) is 27.9. The zero-order valence-electron chi connectivity index (χ0n) is 21.6. The zero-order valence-corrected chi connectivity index (χ0v) is 21.6. The van der Waals surface area contributed by atoms with Crippen LogP contribution in [-0.2, 0) is 23.8 Å². The number of carbonyl (C=O) groups is 2. The van der Waals surface area contributed by atoms with Crippen molar-refractivity contribution in [3.8, 4) is 24.0 Å². The highest BCUT2D eigenvalue weighted by Crippen LogP contribution is 2.70. The van der Waals surface area contributed by atoms with Crippen LogP contribution in [0.4, 0.5) is 0 Å². The number of nitrogens with zero attached hydrogens (tertiary/aromatic N) is 2. The summed E-state index contributed by atoms with van der Waals surface area (Å²) in [4.78, 5) is 22.3. The number of rotatable bonds is 10. The molecule has 39 heavy (non-hydrogen) atoms. The standard InChI is InChI=1S/C16H12N2O2.C13H18O6/c1-12(13-2-6-15(7-3-13)19-10-17)14-4-8-16(9-5-14)20-11-18;14-10(15)6-7-12-13(18-12,19-12)11(16)17-8-9-4-2-1-3-5-9/h2-9,12H,1H3;9H,1-8H2,(H,14,15). The molecule has 0 aromatic heterocycles. The van der Waals surface area contributed by atoms with Crippen molar-refractivity contribution >= 4 is 11.9 Å². The van der Waals surface area contributed by atoms with Crippen molar-refractivity contribution in [1.29, 1.82) is 10.5 Å². The first-order valence-corrected chi connectivity index (χ1v) is 12.9. The summed E-state index contributed by atoms with van der Waals surface area (Å²) >= 11 is 0. The summed E-state index contributed by atoms with van der Waals surface area (Å²) in [7, 11) is 0. The third-order valence-corrected chi connectivity index (χ3v) is 7.23. The molecule has 2 aromatic rings. The molecule has 0 atom stereocenters. The first-order chi connectivity index (χ1) is 18.8. The molecule has 2 aliphatic heterocycles. The molecule has 1 N–H and O–H groups in total. The SMILES string of the molecule is CC(c1ccc(OC#N)cc1)c1ccc(OC#N)cc1.O=C(O)CCC12OC1(C(=O)OCC1CCCCC1)O2. The van der Waals surface area contributed by atoms with Gasteiger partial charge in [0.1, 0.15) is 11.5 Å². The van der Waals surface area contributed by atoms with Crippen LogP contribution < -0.4 is 9.47 Å². The van der Waals surface area contributed by atoms with Crippen LogP contribution in [-0.4, -0.2) is 35.2 Å². The Morgan fingerprint density at radius 2 is 1.46 bits per heavy atom. The first-order valence-electron chi connectivity index (χ1n) is 12.9. The number of carbonyl (C=O) groups excluding carboxylic acids is 1. The van der Waals surface area contributed by atoms with Crippen LogP contribution in [0, 0.1) is 29.0 Å². The predicted octanol–water partition coefficient (Wildman–Crippen LogP) is 4.99. The second kappa shape index (κ2) is 12.2. The monoisotopic (exact) mass is 534 g/mol. The van der Waals surface area contributed by atoms with Gasteiger partial charge in [-0.15, -0.1) is 10.5 Å². The van der Waals surface area contributed by atoms with Gasteiger partial charge in [0.2, 0.25) is 5.79 Å². The number of aliphatic carboxylic acids is 1. The third-order valence-electron chi connectivity index (χ3n) is 7.23. The Labute approximate surface area is 226 Å². The molecule has 1 aliphatic carbocycles. The van der Waals surface area contributed by atoms with E-state index in [1.165, 1.54) is 19.3 Å². The molecule has 0 bridgehead atoms. The predicted molar refractivity (Wildman–Crippen MR) is 135 cm³/mol. The van der Waals surface area contributed by atoms with E-state index in [1.807, 2.05) is 24.3 Å². The molecule has 1 saturated carbocycles. The van der Waals surface area contributed by atoms with Crippen molar-refractivity contribution in [1.82, 2.24) is 0 Å². The van der Waals surface area contributed by atoms with Crippen molar-refractivity contribution in [3.05, 3.63) is 59.7 Å². The topological polar surface area (TPSA) is 155 Å². The normalized spacial score (nSPS) is 22.7. The van der Waals surface area contributed by atoms with E-state index in [9.17, 15) is 9.59 Å². The van der Waals surface area contributed by atoms with E-state index in [4.69, 9.17) is 39.3 Å². The molecule has 0 amide bonds. The summed E-state index contributed by atoms with van der Waals surface area (Å²) in [5.74, 6) is -1.98. The molecule has 0 unspecified atom stereocenters. The van der Waals surface area contributed by atoms with E-state index in [1.54, 1.807) is 36.8 Å². The average Bonchev–Trinajstić information content (AvgIpc) is 3.80. The van der Waals surface area contributed by atoms with E-state index >= 15 is 0 Å². The van der Waals surface area contributed by atoms with Crippen LogP contribution in [0.1, 0.15) is 68.9 Å². The summed E-state index contributed by atoms with van der Waals surface area (Å²) in [6, 6.07) is 14.8. The Hall–Kier alpha value is -4.12. The lowest BCUT2D eigenvalue weighted by Crippen LogP contribution is -2.23. The summed E-state index contributed by atoms with van der Waals surface area (Å²) in [5.41, 5.74) is 2.23. The second-order valence-corrected chi connectivity index (χ2v) is 9.82. The fraction of sp³-hybridized carbons (Fsp3) is 0.448. The Morgan fingerprint density at radius 3 is 1.92 bits per heavy atom. The van der Waals surface area contributed by atoms with Crippen LogP contribution >= 0.6 is 0 Å². The number of fused-ring (bicyclic) bond motifs is 1. The number of epoxide rings is 2. The Bertz CT molecular complexity index is 1170. The molecule has 0 spiro atoms. The minimum absolute atomic E-state index is 0.0718. The lowest BCUT2D eigenvalue weighted by Gasteiger charge is -2.20. The molecule has 2 aromatic carbocycles. The summed E-state index contributed by atoms with van der Waals surface area (Å²) in [6.45, 7) is 2.50. The Balaban J connectivity index is 0.000000181. The van der Waals surface area contributed by atoms with Gasteiger partial charge < -0.3 is 19.3 Å². The molecule has 5 rings (SSSR count). The summed E-state index contributed by atoms with van der Waals surface area (Å²) < 4.78 is 25.1. The number of nitriles is 2. The van der Waals surface area contributed by atoms with E-state index in [0.717, 1.165) is 24.0 Å². The van der Waals surface area contributed by atoms with Crippen LogP contribution in [0.3, 0.4) is 0 Å². The molecular formula is C29H30N2O8. The highest BCUT2D eigenvalue weighted by Gasteiger charge is 2.96. The van der Waals surface area contributed by atoms with Crippen LogP contribution in [0.25, 0.3) is 0 Å². The molecule has 2 saturated heterocycles. The van der Waals surface area contributed by atoms with Crippen molar-refractivity contribution in [2.24, 2.45) is 5.92 Å². The zero-order chi connectivity index (χ0) is 27.9. The Kier molecular flexibility index (Phi) is 8.70. The second-order valence-electron chi connectivity index (χ2n) is 9.82. The van der Waals surface area contributed by atoms with E-state index in [0.29, 0.717) is 24.0 Å². The highest BCUT2D eigenvalue weighted by molar-refractivity contribution is 5.86. The third kappa shape index (κ3) is 6.66. The lowest BCUT2D eigenvalue weighted by atomic mass is 9.90. The summed E-state index contributed by atoms with van der Waals surface area (Å²) in [5, 5.41) is 25.5. The number of benzene rings is 2. The van der Waals surface area contributed by atoms with Crippen LogP contribution in [0.2, 0.25) is 0 Å². The van der Waals surface area contributed by atoms with Gasteiger partial charge in [-0.2, -0.15) is 0 Å². The molecule has 10 heteroatoms. The van der Waals surface area contributed by atoms with E-state index in [-0.39, 0.29) is 18.8 Å². The number of carboxylic acids is 1. The largest absolute Gasteiger partial charge is 0.481 e. The van der Waals surface area contributed by atoms with Gasteiger partial charge in [-0.25, -0.2) is 4.79 Å². The minimum atomic E-state index is -1.27. The number of hydrogen-bond donors (Lipinski definition) is 1. The molecule has 3 fully saturated rings. The van der Waals surface area contributed by atoms with Crippen molar-refractivity contribution in [3.63, 3.8) is 0 Å². The lowest BCUT2D eigenvalue weighted by molar-refractivity contribution is -0.174. The van der Waals surface area contributed by atoms with Crippen LogP contribution in [0.15, 0.2) is 48.5 Å². The van der Waals surface area contributed by atoms with Crippen molar-refractivity contribution in [2.75, 3.05) is 6.61 Å². The smallest absolute Gasteiger partial charge is 0.373 e. The van der Waals surface area contributed by atoms with Gasteiger partial charge in [-0.05, 0) is 54.2 Å². The maximum Gasteiger partial charge on any atom is 0.373 e. The number of hydrogen-bond acceptors (Lipinski definition) is 9. The number of esters is 1. The molecule has 10 nitrogen and oxygen atoms in total. The number of ether oxygens (including phenoxy) is 5. The molecule has 0 radical (unpaired) electrons.